The molecule has 1 heterocycles. The minimum absolute atomic E-state index is 0.0205. The Labute approximate surface area is 188 Å². The van der Waals surface area contributed by atoms with Crippen molar-refractivity contribution in [3.63, 3.8) is 0 Å². The van der Waals surface area contributed by atoms with Crippen LogP contribution in [-0.4, -0.2) is 36.1 Å². The summed E-state index contributed by atoms with van der Waals surface area (Å²) < 4.78 is 24.7. The molecule has 1 unspecified atom stereocenters. The Bertz CT molecular complexity index is 1250. The van der Waals surface area contributed by atoms with Crippen LogP contribution in [0.1, 0.15) is 17.2 Å². The molecule has 0 spiro atoms. The monoisotopic (exact) mass is 449 g/mol. The third-order valence-corrected chi connectivity index (χ3v) is 5.40. The number of amides is 1. The van der Waals surface area contributed by atoms with Gasteiger partial charge in [0, 0.05) is 5.69 Å². The largest absolute Gasteiger partial charge is 0.508 e. The summed E-state index contributed by atoms with van der Waals surface area (Å²) in [5.74, 6) is -2.55. The van der Waals surface area contributed by atoms with Crippen molar-refractivity contribution in [3.8, 4) is 17.2 Å². The second-order valence-electron chi connectivity index (χ2n) is 7.28. The van der Waals surface area contributed by atoms with E-state index in [1.807, 2.05) is 0 Å². The first-order chi connectivity index (χ1) is 15.9. The van der Waals surface area contributed by atoms with E-state index >= 15 is 0 Å². The predicted molar refractivity (Wildman–Crippen MR) is 119 cm³/mol. The van der Waals surface area contributed by atoms with Gasteiger partial charge in [-0.05, 0) is 48.0 Å². The Morgan fingerprint density at radius 3 is 2.12 bits per heavy atom. The van der Waals surface area contributed by atoms with Crippen molar-refractivity contribution in [1.82, 2.24) is 0 Å². The van der Waals surface area contributed by atoms with Gasteiger partial charge in [-0.15, -0.1) is 0 Å². The molecule has 1 amide bonds. The highest BCUT2D eigenvalue weighted by Gasteiger charge is 2.47. The molecular formula is C25H20FNO6. The van der Waals surface area contributed by atoms with Crippen LogP contribution in [0.3, 0.4) is 0 Å². The van der Waals surface area contributed by atoms with Crippen LogP contribution in [0.25, 0.3) is 5.76 Å². The number of phenolic OH excluding ortho intramolecular Hbond substituents is 1. The lowest BCUT2D eigenvalue weighted by molar-refractivity contribution is -0.132. The normalized spacial score (nSPS) is 17.3. The molecule has 2 N–H and O–H groups in total. The lowest BCUT2D eigenvalue weighted by Gasteiger charge is -2.25. The lowest BCUT2D eigenvalue weighted by Crippen LogP contribution is -2.29. The Morgan fingerprint density at radius 1 is 0.939 bits per heavy atom. The molecule has 0 saturated carbocycles. The summed E-state index contributed by atoms with van der Waals surface area (Å²) in [5.41, 5.74) is 0.439. The highest BCUT2D eigenvalue weighted by atomic mass is 19.1. The van der Waals surface area contributed by atoms with Gasteiger partial charge in [-0.1, -0.05) is 24.3 Å². The van der Waals surface area contributed by atoms with Crippen LogP contribution < -0.4 is 14.4 Å². The zero-order chi connectivity index (χ0) is 23.7. The van der Waals surface area contributed by atoms with E-state index < -0.39 is 29.3 Å². The number of ketones is 1. The minimum Gasteiger partial charge on any atom is -0.508 e. The topological polar surface area (TPSA) is 96.3 Å². The molecule has 1 aliphatic heterocycles. The number of aromatic hydroxyl groups is 1. The van der Waals surface area contributed by atoms with Gasteiger partial charge in [0.25, 0.3) is 11.7 Å². The van der Waals surface area contributed by atoms with E-state index in [2.05, 4.69) is 0 Å². The molecule has 1 aliphatic rings. The van der Waals surface area contributed by atoms with Crippen LogP contribution in [0.4, 0.5) is 10.1 Å². The number of nitrogens with zero attached hydrogens (tertiary/aromatic N) is 1. The van der Waals surface area contributed by atoms with Gasteiger partial charge >= 0.3 is 0 Å². The smallest absolute Gasteiger partial charge is 0.300 e. The molecule has 3 aromatic rings. The van der Waals surface area contributed by atoms with Crippen molar-refractivity contribution in [2.45, 2.75) is 6.04 Å². The maximum absolute atomic E-state index is 14.0. The van der Waals surface area contributed by atoms with Crippen molar-refractivity contribution in [2.24, 2.45) is 0 Å². The number of aliphatic hydroxyl groups is 1. The fourth-order valence-electron chi connectivity index (χ4n) is 3.92. The van der Waals surface area contributed by atoms with Crippen LogP contribution in [-0.2, 0) is 9.59 Å². The maximum atomic E-state index is 14.0. The number of benzene rings is 3. The number of Topliss-reactive ketones (excluding diaryl/α,β-unsaturated/α-hetero) is 1. The van der Waals surface area contributed by atoms with Crippen LogP contribution >= 0.6 is 0 Å². The van der Waals surface area contributed by atoms with E-state index in [0.717, 1.165) is 11.0 Å². The quantitative estimate of drug-likeness (QED) is 0.345. The summed E-state index contributed by atoms with van der Waals surface area (Å²) >= 11 is 0. The Hall–Kier alpha value is -4.33. The maximum Gasteiger partial charge on any atom is 0.300 e. The molecule has 168 valence electrons. The van der Waals surface area contributed by atoms with Gasteiger partial charge < -0.3 is 19.7 Å². The molecular weight excluding hydrogens is 429 g/mol. The Balaban J connectivity index is 2.01. The summed E-state index contributed by atoms with van der Waals surface area (Å²) in [7, 11) is 2.79. The van der Waals surface area contributed by atoms with Crippen molar-refractivity contribution < 1.29 is 33.7 Å². The predicted octanol–water partition coefficient (Wildman–Crippen LogP) is 4.17. The van der Waals surface area contributed by atoms with Crippen LogP contribution in [0.2, 0.25) is 0 Å². The standard InChI is InChI=1S/C25H20FNO6/c1-32-18-7-4-8-19(33-2)20(18)23(29)21-22(14-9-11-17(28)12-10-14)27(25(31)24(21)30)16-6-3-5-15(26)13-16/h3-13,22,28-29H,1-2H3/b23-21+. The Kier molecular flexibility index (Phi) is 5.74. The summed E-state index contributed by atoms with van der Waals surface area (Å²) in [5, 5.41) is 21.1. The van der Waals surface area contributed by atoms with Crippen LogP contribution in [0.5, 0.6) is 17.2 Å². The Morgan fingerprint density at radius 2 is 1.55 bits per heavy atom. The summed E-state index contributed by atoms with van der Waals surface area (Å²) in [6, 6.07) is 14.8. The van der Waals surface area contributed by atoms with E-state index in [4.69, 9.17) is 9.47 Å². The number of phenols is 1. The third kappa shape index (κ3) is 3.76. The molecule has 1 atom stereocenters. The molecule has 3 aromatic carbocycles. The van der Waals surface area contributed by atoms with Gasteiger partial charge in [0.15, 0.2) is 0 Å². The average molecular weight is 449 g/mol. The first-order valence-corrected chi connectivity index (χ1v) is 9.94. The van der Waals surface area contributed by atoms with Gasteiger partial charge in [-0.25, -0.2) is 4.39 Å². The average Bonchev–Trinajstić information content (AvgIpc) is 3.09. The number of carbonyl (C=O) groups excluding carboxylic acids is 2. The zero-order valence-corrected chi connectivity index (χ0v) is 17.8. The molecule has 4 rings (SSSR count). The number of hydrogen-bond acceptors (Lipinski definition) is 6. The van der Waals surface area contributed by atoms with Gasteiger partial charge in [0.05, 0.1) is 25.8 Å². The molecule has 33 heavy (non-hydrogen) atoms. The zero-order valence-electron chi connectivity index (χ0n) is 17.8. The number of anilines is 1. The van der Waals surface area contributed by atoms with E-state index in [9.17, 15) is 24.2 Å². The van der Waals surface area contributed by atoms with Gasteiger partial charge in [-0.2, -0.15) is 0 Å². The highest BCUT2D eigenvalue weighted by molar-refractivity contribution is 6.51. The highest BCUT2D eigenvalue weighted by Crippen LogP contribution is 2.45. The third-order valence-electron chi connectivity index (χ3n) is 5.40. The minimum atomic E-state index is -1.10. The van der Waals surface area contributed by atoms with Gasteiger partial charge in [0.1, 0.15) is 34.4 Å². The van der Waals surface area contributed by atoms with E-state index in [-0.39, 0.29) is 34.1 Å². The summed E-state index contributed by atoms with van der Waals surface area (Å²) in [6.45, 7) is 0. The second-order valence-corrected chi connectivity index (χ2v) is 7.28. The molecule has 0 radical (unpaired) electrons. The van der Waals surface area contributed by atoms with Gasteiger partial charge in [0.2, 0.25) is 0 Å². The number of halogens is 1. The van der Waals surface area contributed by atoms with E-state index in [1.165, 1.54) is 56.7 Å². The van der Waals surface area contributed by atoms with Crippen molar-refractivity contribution in [2.75, 3.05) is 19.1 Å². The SMILES string of the molecule is COc1cccc(OC)c1/C(O)=C1\C(=O)C(=O)N(c2cccc(F)c2)C1c1ccc(O)cc1. The van der Waals surface area contributed by atoms with Crippen LogP contribution in [0.15, 0.2) is 72.3 Å². The number of ether oxygens (including phenoxy) is 2. The first-order valence-electron chi connectivity index (χ1n) is 9.94. The van der Waals surface area contributed by atoms with Crippen molar-refractivity contribution in [1.29, 1.82) is 0 Å². The summed E-state index contributed by atoms with van der Waals surface area (Å²) in [6.07, 6.45) is 0. The fraction of sp³-hybridized carbons (Fsp3) is 0.120. The number of carbonyl (C=O) groups is 2. The molecule has 0 aliphatic carbocycles. The fourth-order valence-corrected chi connectivity index (χ4v) is 3.92. The number of rotatable bonds is 5. The number of hydrogen-bond donors (Lipinski definition) is 2. The number of methoxy groups -OCH3 is 2. The number of aliphatic hydroxyl groups excluding tert-OH is 1. The molecule has 0 bridgehead atoms. The molecule has 8 heteroatoms. The summed E-state index contributed by atoms with van der Waals surface area (Å²) in [4.78, 5) is 27.4. The van der Waals surface area contributed by atoms with Crippen molar-refractivity contribution in [3.05, 3.63) is 89.2 Å². The molecule has 1 fully saturated rings. The molecule has 1 saturated heterocycles. The first kappa shape index (κ1) is 21.9. The van der Waals surface area contributed by atoms with Gasteiger partial charge in [-0.3, -0.25) is 14.5 Å². The van der Waals surface area contributed by atoms with E-state index in [0.29, 0.717) is 5.56 Å². The molecule has 7 nitrogen and oxygen atoms in total. The molecule has 0 aromatic heterocycles. The lowest BCUT2D eigenvalue weighted by atomic mass is 9.94. The van der Waals surface area contributed by atoms with Crippen molar-refractivity contribution >= 4 is 23.1 Å². The second kappa shape index (κ2) is 8.66. The van der Waals surface area contributed by atoms with Crippen LogP contribution in [0, 0.1) is 5.82 Å². The van der Waals surface area contributed by atoms with E-state index in [1.54, 1.807) is 18.2 Å².